The maximum absolute atomic E-state index is 12.4. The van der Waals surface area contributed by atoms with Crippen molar-refractivity contribution >= 4 is 23.6 Å². The number of nitrogens with two attached hydrogens (primary N) is 1. The summed E-state index contributed by atoms with van der Waals surface area (Å²) in [5.41, 5.74) is 6.73. The van der Waals surface area contributed by atoms with E-state index in [1.807, 2.05) is 12.1 Å². The van der Waals surface area contributed by atoms with E-state index in [4.69, 9.17) is 15.7 Å². The van der Waals surface area contributed by atoms with Gasteiger partial charge in [0.05, 0.1) is 11.6 Å². The molecule has 8 heteroatoms. The maximum atomic E-state index is 12.4. The number of esters is 1. The number of urea groups is 1. The molecule has 4 N–H and O–H groups in total. The van der Waals surface area contributed by atoms with Crippen molar-refractivity contribution < 1.29 is 19.1 Å². The van der Waals surface area contributed by atoms with Crippen LogP contribution in [0.25, 0.3) is 0 Å². The van der Waals surface area contributed by atoms with Gasteiger partial charge in [0.15, 0.2) is 6.10 Å². The molecule has 2 atom stereocenters. The summed E-state index contributed by atoms with van der Waals surface area (Å²) in [7, 11) is 0. The first-order valence-electron chi connectivity index (χ1n) is 8.50. The summed E-state index contributed by atoms with van der Waals surface area (Å²) in [4.78, 5) is 35.9. The van der Waals surface area contributed by atoms with Gasteiger partial charge in [-0.15, -0.1) is 0 Å². The van der Waals surface area contributed by atoms with Crippen molar-refractivity contribution in [1.82, 2.24) is 5.32 Å². The SMILES string of the molecule is C[C@@H](OC(=O)[C@@H](Cc1ccccc1)NC(N)=O)C(=O)Nc1cccc(C#N)c1. The van der Waals surface area contributed by atoms with Crippen molar-refractivity contribution in [2.75, 3.05) is 5.32 Å². The molecule has 144 valence electrons. The molecule has 0 radical (unpaired) electrons. The molecule has 0 unspecified atom stereocenters. The number of nitrogens with one attached hydrogen (secondary N) is 2. The van der Waals surface area contributed by atoms with Crippen LogP contribution in [0.4, 0.5) is 10.5 Å². The van der Waals surface area contributed by atoms with Gasteiger partial charge in [-0.25, -0.2) is 9.59 Å². The predicted molar refractivity (Wildman–Crippen MR) is 102 cm³/mol. The van der Waals surface area contributed by atoms with Gasteiger partial charge in [0.1, 0.15) is 6.04 Å². The average molecular weight is 380 g/mol. The Morgan fingerprint density at radius 3 is 2.50 bits per heavy atom. The normalized spacial score (nSPS) is 12.1. The molecule has 0 saturated carbocycles. The van der Waals surface area contributed by atoms with Gasteiger partial charge in [-0.3, -0.25) is 4.79 Å². The molecule has 8 nitrogen and oxygen atoms in total. The average Bonchev–Trinajstić information content (AvgIpc) is 2.68. The van der Waals surface area contributed by atoms with Crippen molar-refractivity contribution in [2.45, 2.75) is 25.5 Å². The minimum atomic E-state index is -1.12. The molecular weight excluding hydrogens is 360 g/mol. The van der Waals surface area contributed by atoms with Crippen LogP contribution in [-0.2, 0) is 20.7 Å². The number of nitrogens with zero attached hydrogens (tertiary/aromatic N) is 1. The number of rotatable bonds is 7. The highest BCUT2D eigenvalue weighted by atomic mass is 16.5. The van der Waals surface area contributed by atoms with Crippen molar-refractivity contribution in [3.8, 4) is 6.07 Å². The molecule has 0 aliphatic carbocycles. The van der Waals surface area contributed by atoms with E-state index in [1.54, 1.807) is 42.5 Å². The van der Waals surface area contributed by atoms with Crippen LogP contribution in [0.5, 0.6) is 0 Å². The molecular formula is C20H20N4O4. The van der Waals surface area contributed by atoms with Gasteiger partial charge in [0, 0.05) is 12.1 Å². The molecule has 0 bridgehead atoms. The van der Waals surface area contributed by atoms with E-state index >= 15 is 0 Å². The summed E-state index contributed by atoms with van der Waals surface area (Å²) in [5, 5.41) is 13.8. The fraction of sp³-hybridized carbons (Fsp3) is 0.200. The van der Waals surface area contributed by atoms with Crippen molar-refractivity contribution in [2.24, 2.45) is 5.73 Å². The smallest absolute Gasteiger partial charge is 0.329 e. The van der Waals surface area contributed by atoms with E-state index in [-0.39, 0.29) is 6.42 Å². The Labute approximate surface area is 162 Å². The van der Waals surface area contributed by atoms with Gasteiger partial charge in [0.25, 0.3) is 5.91 Å². The van der Waals surface area contributed by atoms with E-state index in [2.05, 4.69) is 10.6 Å². The second-order valence-electron chi connectivity index (χ2n) is 6.01. The Morgan fingerprint density at radius 1 is 1.14 bits per heavy atom. The Balaban J connectivity index is 2.01. The summed E-state index contributed by atoms with van der Waals surface area (Å²) in [5.74, 6) is -1.35. The number of carbonyl (C=O) groups excluding carboxylic acids is 3. The summed E-state index contributed by atoms with van der Waals surface area (Å²) >= 11 is 0. The van der Waals surface area contributed by atoms with Gasteiger partial charge >= 0.3 is 12.0 Å². The topological polar surface area (TPSA) is 134 Å². The third-order valence-corrected chi connectivity index (χ3v) is 3.81. The molecule has 0 spiro atoms. The second kappa shape index (κ2) is 9.73. The van der Waals surface area contributed by atoms with Gasteiger partial charge in [-0.1, -0.05) is 36.4 Å². The van der Waals surface area contributed by atoms with Crippen molar-refractivity contribution in [3.63, 3.8) is 0 Å². The summed E-state index contributed by atoms with van der Waals surface area (Å²) in [6, 6.07) is 15.4. The number of nitriles is 1. The molecule has 0 fully saturated rings. The molecule has 28 heavy (non-hydrogen) atoms. The van der Waals surface area contributed by atoms with E-state index < -0.39 is 30.1 Å². The third kappa shape index (κ3) is 6.14. The first-order chi connectivity index (χ1) is 13.4. The molecule has 3 amide bonds. The monoisotopic (exact) mass is 380 g/mol. The minimum Gasteiger partial charge on any atom is -0.451 e. The Bertz CT molecular complexity index is 893. The highest BCUT2D eigenvalue weighted by Gasteiger charge is 2.26. The van der Waals surface area contributed by atoms with Crippen LogP contribution in [0.1, 0.15) is 18.1 Å². The van der Waals surface area contributed by atoms with Crippen molar-refractivity contribution in [1.29, 1.82) is 5.26 Å². The summed E-state index contributed by atoms with van der Waals surface area (Å²) < 4.78 is 5.19. The van der Waals surface area contributed by atoms with Gasteiger partial charge < -0.3 is 21.1 Å². The largest absolute Gasteiger partial charge is 0.451 e. The summed E-state index contributed by atoms with van der Waals surface area (Å²) in [6.07, 6.45) is -0.951. The Kier molecular flexibility index (Phi) is 7.11. The van der Waals surface area contributed by atoms with Crippen LogP contribution < -0.4 is 16.4 Å². The number of hydrogen-bond acceptors (Lipinski definition) is 5. The molecule has 0 heterocycles. The number of amides is 3. The number of benzene rings is 2. The van der Waals surface area contributed by atoms with Crippen LogP contribution in [0.2, 0.25) is 0 Å². The van der Waals surface area contributed by atoms with Crippen LogP contribution >= 0.6 is 0 Å². The highest BCUT2D eigenvalue weighted by Crippen LogP contribution is 2.11. The molecule has 2 rings (SSSR count). The lowest BCUT2D eigenvalue weighted by atomic mass is 10.1. The molecule has 0 aliphatic heterocycles. The van der Waals surface area contributed by atoms with Gasteiger partial charge in [-0.05, 0) is 30.7 Å². The number of hydrogen-bond donors (Lipinski definition) is 3. The Hall–Kier alpha value is -3.86. The zero-order valence-corrected chi connectivity index (χ0v) is 15.2. The van der Waals surface area contributed by atoms with E-state index in [0.717, 1.165) is 5.56 Å². The number of primary amides is 1. The lowest BCUT2D eigenvalue weighted by Gasteiger charge is -2.19. The molecule has 0 aliphatic rings. The number of ether oxygens (including phenoxy) is 1. The molecule has 0 aromatic heterocycles. The minimum absolute atomic E-state index is 0.168. The zero-order valence-electron chi connectivity index (χ0n) is 15.2. The number of anilines is 1. The molecule has 2 aromatic carbocycles. The lowest BCUT2D eigenvalue weighted by molar-refractivity contribution is -0.155. The number of carbonyl (C=O) groups is 3. The predicted octanol–water partition coefficient (Wildman–Crippen LogP) is 1.71. The van der Waals surface area contributed by atoms with Gasteiger partial charge in [0.2, 0.25) is 0 Å². The summed E-state index contributed by atoms with van der Waals surface area (Å²) in [6.45, 7) is 1.41. The molecule has 2 aromatic rings. The lowest BCUT2D eigenvalue weighted by Crippen LogP contribution is -2.47. The van der Waals surface area contributed by atoms with Gasteiger partial charge in [-0.2, -0.15) is 5.26 Å². The quantitative estimate of drug-likeness (QED) is 0.629. The van der Waals surface area contributed by atoms with Crippen LogP contribution in [-0.4, -0.2) is 30.1 Å². The van der Waals surface area contributed by atoms with Crippen LogP contribution in [0.15, 0.2) is 54.6 Å². The first-order valence-corrected chi connectivity index (χ1v) is 8.50. The van der Waals surface area contributed by atoms with Crippen LogP contribution in [0.3, 0.4) is 0 Å². The highest BCUT2D eigenvalue weighted by molar-refractivity contribution is 5.95. The van der Waals surface area contributed by atoms with E-state index in [9.17, 15) is 14.4 Å². The molecule has 0 saturated heterocycles. The zero-order chi connectivity index (χ0) is 20.5. The second-order valence-corrected chi connectivity index (χ2v) is 6.01. The standard InChI is InChI=1S/C20H20N4O4/c1-13(18(25)23-16-9-5-8-15(10-16)12-21)28-19(26)17(24-20(22)27)11-14-6-3-2-4-7-14/h2-10,13,17H,11H2,1H3,(H,23,25)(H3,22,24,27)/t13-,17-/m1/s1. The first kappa shape index (κ1) is 20.5. The fourth-order valence-corrected chi connectivity index (χ4v) is 2.44. The van der Waals surface area contributed by atoms with Crippen molar-refractivity contribution in [3.05, 3.63) is 65.7 Å². The van der Waals surface area contributed by atoms with E-state index in [0.29, 0.717) is 11.3 Å². The Morgan fingerprint density at radius 2 is 1.86 bits per heavy atom. The van der Waals surface area contributed by atoms with Crippen LogP contribution in [0, 0.1) is 11.3 Å². The maximum Gasteiger partial charge on any atom is 0.329 e. The third-order valence-electron chi connectivity index (χ3n) is 3.81. The fourth-order valence-electron chi connectivity index (χ4n) is 2.44. The van der Waals surface area contributed by atoms with E-state index in [1.165, 1.54) is 13.0 Å².